The van der Waals surface area contributed by atoms with Crippen LogP contribution in [-0.4, -0.2) is 25.1 Å². The largest absolute Gasteiger partial charge is 0.493 e. The Hall–Kier alpha value is -2.08. The number of nitrogens with zero attached hydrogens (tertiary/aromatic N) is 1. The molecule has 1 heterocycles. The molecule has 1 N–H and O–H groups in total. The van der Waals surface area contributed by atoms with E-state index in [1.807, 2.05) is 5.38 Å². The van der Waals surface area contributed by atoms with E-state index in [1.165, 1.54) is 0 Å². The second-order valence-corrected chi connectivity index (χ2v) is 5.97. The Kier molecular flexibility index (Phi) is 5.38. The summed E-state index contributed by atoms with van der Waals surface area (Å²) in [5.74, 6) is 1.37. The molecule has 0 radical (unpaired) electrons. The highest BCUT2D eigenvalue weighted by Crippen LogP contribution is 2.27. The molecule has 1 aromatic carbocycles. The zero-order chi connectivity index (χ0) is 16.1. The van der Waals surface area contributed by atoms with Crippen LogP contribution in [0.4, 0.5) is 0 Å². The van der Waals surface area contributed by atoms with E-state index in [1.54, 1.807) is 43.8 Å². The number of carbonyl (C=O) groups is 1. The first-order valence-corrected chi connectivity index (χ1v) is 7.87. The zero-order valence-electron chi connectivity index (χ0n) is 13.2. The molecule has 0 saturated carbocycles. The third-order valence-electron chi connectivity index (χ3n) is 3.14. The molecule has 6 heteroatoms. The van der Waals surface area contributed by atoms with E-state index in [0.717, 1.165) is 10.7 Å². The summed E-state index contributed by atoms with van der Waals surface area (Å²) in [5, 5.41) is 5.92. The molecule has 0 aliphatic carbocycles. The number of methoxy groups -OCH3 is 2. The normalized spacial score (nSPS) is 10.6. The fourth-order valence-corrected chi connectivity index (χ4v) is 2.75. The Morgan fingerprint density at radius 3 is 2.59 bits per heavy atom. The number of rotatable bonds is 6. The van der Waals surface area contributed by atoms with Crippen molar-refractivity contribution in [2.75, 3.05) is 14.2 Å². The van der Waals surface area contributed by atoms with Crippen LogP contribution in [0.2, 0.25) is 0 Å². The van der Waals surface area contributed by atoms with E-state index in [4.69, 9.17) is 9.47 Å². The number of nitrogens with one attached hydrogen (secondary N) is 1. The molecule has 0 bridgehead atoms. The Balaban J connectivity index is 2.02. The van der Waals surface area contributed by atoms with Crippen LogP contribution in [0.25, 0.3) is 0 Å². The van der Waals surface area contributed by atoms with Crippen molar-refractivity contribution in [2.45, 2.75) is 26.3 Å². The highest BCUT2D eigenvalue weighted by Gasteiger charge is 2.11. The third-order valence-corrected chi connectivity index (χ3v) is 4.33. The van der Waals surface area contributed by atoms with Crippen LogP contribution < -0.4 is 14.8 Å². The molecule has 2 rings (SSSR count). The number of hydrogen-bond donors (Lipinski definition) is 1. The summed E-state index contributed by atoms with van der Waals surface area (Å²) in [5.41, 5.74) is 1.40. The number of ether oxygens (including phenoxy) is 2. The maximum absolute atomic E-state index is 12.2. The standard InChI is InChI=1S/C16H20N2O3S/c1-10(2)16-18-12(9-22-16)8-17-15(19)11-5-6-13(20-3)14(7-11)21-4/h5-7,9-10H,8H2,1-4H3,(H,17,19). The minimum absolute atomic E-state index is 0.167. The van der Waals surface area contributed by atoms with Gasteiger partial charge in [-0.2, -0.15) is 0 Å². The molecule has 1 amide bonds. The van der Waals surface area contributed by atoms with Crippen LogP contribution in [0.3, 0.4) is 0 Å². The predicted molar refractivity (Wildman–Crippen MR) is 86.9 cm³/mol. The number of hydrogen-bond acceptors (Lipinski definition) is 5. The molecule has 1 aromatic heterocycles. The monoisotopic (exact) mass is 320 g/mol. The summed E-state index contributed by atoms with van der Waals surface area (Å²) >= 11 is 1.62. The molecule has 22 heavy (non-hydrogen) atoms. The van der Waals surface area contributed by atoms with Crippen LogP contribution in [0.5, 0.6) is 11.5 Å². The summed E-state index contributed by atoms with van der Waals surface area (Å²) in [6.45, 7) is 4.62. The van der Waals surface area contributed by atoms with Gasteiger partial charge in [-0.3, -0.25) is 4.79 Å². The van der Waals surface area contributed by atoms with Crippen LogP contribution in [0, 0.1) is 0 Å². The van der Waals surface area contributed by atoms with Crippen molar-refractivity contribution in [3.63, 3.8) is 0 Å². The highest BCUT2D eigenvalue weighted by atomic mass is 32.1. The predicted octanol–water partition coefficient (Wildman–Crippen LogP) is 3.21. The van der Waals surface area contributed by atoms with Crippen LogP contribution in [-0.2, 0) is 6.54 Å². The van der Waals surface area contributed by atoms with E-state index >= 15 is 0 Å². The molecule has 0 aliphatic heterocycles. The summed E-state index contributed by atoms with van der Waals surface area (Å²) in [4.78, 5) is 16.7. The third kappa shape index (κ3) is 3.76. The van der Waals surface area contributed by atoms with Crippen LogP contribution in [0.15, 0.2) is 23.6 Å². The molecule has 5 nitrogen and oxygen atoms in total. The molecule has 118 valence electrons. The van der Waals surface area contributed by atoms with Crippen molar-refractivity contribution in [2.24, 2.45) is 0 Å². The van der Waals surface area contributed by atoms with Gasteiger partial charge in [0.05, 0.1) is 31.5 Å². The van der Waals surface area contributed by atoms with Gasteiger partial charge in [-0.25, -0.2) is 4.98 Å². The minimum Gasteiger partial charge on any atom is -0.493 e. The van der Waals surface area contributed by atoms with Crippen molar-refractivity contribution in [3.05, 3.63) is 39.8 Å². The van der Waals surface area contributed by atoms with Gasteiger partial charge in [0.1, 0.15) is 0 Å². The van der Waals surface area contributed by atoms with Gasteiger partial charge in [0, 0.05) is 16.9 Å². The van der Waals surface area contributed by atoms with Gasteiger partial charge in [0.2, 0.25) is 0 Å². The number of thiazole rings is 1. The lowest BCUT2D eigenvalue weighted by atomic mass is 10.2. The minimum atomic E-state index is -0.167. The first-order chi connectivity index (χ1) is 10.5. The van der Waals surface area contributed by atoms with Crippen LogP contribution in [0.1, 0.15) is 40.8 Å². The quantitative estimate of drug-likeness (QED) is 0.888. The molecule has 0 spiro atoms. The number of aromatic nitrogens is 1. The molecule has 0 fully saturated rings. The first kappa shape index (κ1) is 16.3. The molecular formula is C16H20N2O3S. The number of amides is 1. The fourth-order valence-electron chi connectivity index (χ4n) is 1.92. The lowest BCUT2D eigenvalue weighted by Crippen LogP contribution is -2.23. The highest BCUT2D eigenvalue weighted by molar-refractivity contribution is 7.09. The Bertz CT molecular complexity index is 653. The second-order valence-electron chi connectivity index (χ2n) is 5.08. The summed E-state index contributed by atoms with van der Waals surface area (Å²) in [7, 11) is 3.11. The van der Waals surface area contributed by atoms with Crippen molar-refractivity contribution >= 4 is 17.2 Å². The van der Waals surface area contributed by atoms with Crippen molar-refractivity contribution in [1.29, 1.82) is 0 Å². The van der Waals surface area contributed by atoms with Gasteiger partial charge in [-0.1, -0.05) is 13.8 Å². The first-order valence-electron chi connectivity index (χ1n) is 6.99. The van der Waals surface area contributed by atoms with Crippen molar-refractivity contribution < 1.29 is 14.3 Å². The van der Waals surface area contributed by atoms with Gasteiger partial charge < -0.3 is 14.8 Å². The van der Waals surface area contributed by atoms with Gasteiger partial charge in [-0.15, -0.1) is 11.3 Å². The zero-order valence-corrected chi connectivity index (χ0v) is 14.0. The second kappa shape index (κ2) is 7.26. The maximum Gasteiger partial charge on any atom is 0.251 e. The van der Waals surface area contributed by atoms with Crippen molar-refractivity contribution in [1.82, 2.24) is 10.3 Å². The molecule has 0 saturated heterocycles. The summed E-state index contributed by atoms with van der Waals surface area (Å²) in [6.07, 6.45) is 0. The lowest BCUT2D eigenvalue weighted by Gasteiger charge is -2.09. The molecule has 0 unspecified atom stereocenters. The Morgan fingerprint density at radius 2 is 2.00 bits per heavy atom. The van der Waals surface area contributed by atoms with E-state index in [9.17, 15) is 4.79 Å². The van der Waals surface area contributed by atoms with E-state index < -0.39 is 0 Å². The fraction of sp³-hybridized carbons (Fsp3) is 0.375. The topological polar surface area (TPSA) is 60.5 Å². The van der Waals surface area contributed by atoms with E-state index in [0.29, 0.717) is 29.5 Å². The smallest absolute Gasteiger partial charge is 0.251 e. The molecular weight excluding hydrogens is 300 g/mol. The van der Waals surface area contributed by atoms with Gasteiger partial charge in [-0.05, 0) is 18.2 Å². The van der Waals surface area contributed by atoms with Gasteiger partial charge >= 0.3 is 0 Å². The number of benzene rings is 1. The maximum atomic E-state index is 12.2. The van der Waals surface area contributed by atoms with E-state index in [2.05, 4.69) is 24.1 Å². The Labute approximate surface area is 134 Å². The number of carbonyl (C=O) groups excluding carboxylic acids is 1. The van der Waals surface area contributed by atoms with Gasteiger partial charge in [0.25, 0.3) is 5.91 Å². The van der Waals surface area contributed by atoms with Gasteiger partial charge in [0.15, 0.2) is 11.5 Å². The average Bonchev–Trinajstić information content (AvgIpc) is 3.01. The summed E-state index contributed by atoms with van der Waals surface area (Å²) in [6, 6.07) is 5.08. The molecule has 2 aromatic rings. The molecule has 0 atom stereocenters. The Morgan fingerprint density at radius 1 is 1.27 bits per heavy atom. The SMILES string of the molecule is COc1ccc(C(=O)NCc2csc(C(C)C)n2)cc1OC. The lowest BCUT2D eigenvalue weighted by molar-refractivity contribution is 0.0950. The van der Waals surface area contributed by atoms with Crippen LogP contribution >= 0.6 is 11.3 Å². The van der Waals surface area contributed by atoms with Crippen molar-refractivity contribution in [3.8, 4) is 11.5 Å². The molecule has 0 aliphatic rings. The average molecular weight is 320 g/mol. The van der Waals surface area contributed by atoms with E-state index in [-0.39, 0.29) is 5.91 Å². The summed E-state index contributed by atoms with van der Waals surface area (Å²) < 4.78 is 10.4.